The highest BCUT2D eigenvalue weighted by molar-refractivity contribution is 7.71. The summed E-state index contributed by atoms with van der Waals surface area (Å²) in [5.41, 5.74) is 1.14. The van der Waals surface area contributed by atoms with E-state index >= 15 is 0 Å². The molecule has 84 valence electrons. The van der Waals surface area contributed by atoms with Gasteiger partial charge in [-0.2, -0.15) is 0 Å². The lowest BCUT2D eigenvalue weighted by Crippen LogP contribution is -2.23. The van der Waals surface area contributed by atoms with Gasteiger partial charge in [-0.1, -0.05) is 0 Å². The summed E-state index contributed by atoms with van der Waals surface area (Å²) in [7, 11) is 0. The predicted octanol–water partition coefficient (Wildman–Crippen LogP) is 2.84. The monoisotopic (exact) mass is 226 g/mol. The highest BCUT2D eigenvalue weighted by Crippen LogP contribution is 2.27. The minimum atomic E-state index is 0.478. The predicted molar refractivity (Wildman–Crippen MR) is 62.6 cm³/mol. The van der Waals surface area contributed by atoms with Crippen LogP contribution < -0.4 is 0 Å². The van der Waals surface area contributed by atoms with Crippen molar-refractivity contribution in [1.29, 1.82) is 0 Å². The molecule has 0 aliphatic carbocycles. The summed E-state index contributed by atoms with van der Waals surface area (Å²) in [4.78, 5) is 3.17. The molecule has 4 heteroatoms. The first-order valence-corrected chi connectivity index (χ1v) is 5.95. The van der Waals surface area contributed by atoms with E-state index in [1.807, 2.05) is 6.92 Å². The first kappa shape index (κ1) is 10.9. The molecular weight excluding hydrogens is 208 g/mol. The highest BCUT2D eigenvalue weighted by Gasteiger charge is 2.22. The standard InChI is InChI=1S/C11H18N2OS/c1-8-7-13(11(15)12-8)9(2)10-3-5-14-6-4-10/h7,9-10H,3-6H2,1-2H3,(H,12,15). The van der Waals surface area contributed by atoms with Crippen LogP contribution in [0.2, 0.25) is 0 Å². The smallest absolute Gasteiger partial charge is 0.177 e. The second-order valence-corrected chi connectivity index (χ2v) is 4.73. The Kier molecular flexibility index (Phi) is 3.26. The fourth-order valence-corrected chi connectivity index (χ4v) is 2.64. The summed E-state index contributed by atoms with van der Waals surface area (Å²) >= 11 is 5.29. The minimum Gasteiger partial charge on any atom is -0.381 e. The molecule has 0 amide bonds. The number of rotatable bonds is 2. The number of nitrogens with zero attached hydrogens (tertiary/aromatic N) is 1. The molecule has 1 saturated heterocycles. The third kappa shape index (κ3) is 2.32. The Morgan fingerprint density at radius 1 is 1.53 bits per heavy atom. The summed E-state index contributed by atoms with van der Waals surface area (Å²) in [5, 5.41) is 0. The van der Waals surface area contributed by atoms with E-state index in [1.165, 1.54) is 0 Å². The molecule has 1 aromatic rings. The van der Waals surface area contributed by atoms with E-state index in [2.05, 4.69) is 22.7 Å². The van der Waals surface area contributed by atoms with Gasteiger partial charge in [-0.25, -0.2) is 0 Å². The summed E-state index contributed by atoms with van der Waals surface area (Å²) in [6.07, 6.45) is 4.41. The van der Waals surface area contributed by atoms with Gasteiger partial charge in [0.15, 0.2) is 4.77 Å². The molecule has 0 saturated carbocycles. The Labute approximate surface area is 95.5 Å². The fourth-order valence-electron chi connectivity index (χ4n) is 2.26. The van der Waals surface area contributed by atoms with Crippen molar-refractivity contribution in [3.05, 3.63) is 16.7 Å². The van der Waals surface area contributed by atoms with Crippen molar-refractivity contribution in [1.82, 2.24) is 9.55 Å². The molecule has 1 aliphatic rings. The Balaban J connectivity index is 2.15. The van der Waals surface area contributed by atoms with Gasteiger partial charge in [-0.05, 0) is 44.8 Å². The van der Waals surface area contributed by atoms with Crippen LogP contribution in [0.5, 0.6) is 0 Å². The lowest BCUT2D eigenvalue weighted by molar-refractivity contribution is 0.0511. The van der Waals surface area contributed by atoms with Gasteiger partial charge < -0.3 is 14.3 Å². The number of aromatic amines is 1. The molecule has 15 heavy (non-hydrogen) atoms. The summed E-state index contributed by atoms with van der Waals surface area (Å²) in [5.74, 6) is 0.695. The third-order valence-corrected chi connectivity index (χ3v) is 3.57. The van der Waals surface area contributed by atoms with Gasteiger partial charge in [-0.3, -0.25) is 0 Å². The Morgan fingerprint density at radius 2 is 2.20 bits per heavy atom. The molecule has 0 radical (unpaired) electrons. The molecule has 2 rings (SSSR count). The quantitative estimate of drug-likeness (QED) is 0.786. The van der Waals surface area contributed by atoms with Crippen molar-refractivity contribution in [3.8, 4) is 0 Å². The van der Waals surface area contributed by atoms with E-state index in [9.17, 15) is 0 Å². The molecule has 0 bridgehead atoms. The van der Waals surface area contributed by atoms with Crippen LogP contribution in [0.4, 0.5) is 0 Å². The van der Waals surface area contributed by atoms with Crippen LogP contribution in [0, 0.1) is 17.6 Å². The zero-order valence-electron chi connectivity index (χ0n) is 9.32. The first-order valence-electron chi connectivity index (χ1n) is 5.54. The molecule has 1 N–H and O–H groups in total. The van der Waals surface area contributed by atoms with Crippen LogP contribution in [0.25, 0.3) is 0 Å². The van der Waals surface area contributed by atoms with Crippen LogP contribution in [-0.4, -0.2) is 22.8 Å². The third-order valence-electron chi connectivity index (χ3n) is 3.26. The minimum absolute atomic E-state index is 0.478. The summed E-state index contributed by atoms with van der Waals surface area (Å²) in [6.45, 7) is 6.08. The van der Waals surface area contributed by atoms with Crippen LogP contribution in [0.3, 0.4) is 0 Å². The van der Waals surface area contributed by atoms with Crippen LogP contribution >= 0.6 is 12.2 Å². The second-order valence-electron chi connectivity index (χ2n) is 4.34. The van der Waals surface area contributed by atoms with Gasteiger partial charge >= 0.3 is 0 Å². The Hall–Kier alpha value is -0.610. The molecular formula is C11H18N2OS. The SMILES string of the molecule is Cc1cn(C(C)C2CCOCC2)c(=S)[nH]1. The van der Waals surface area contributed by atoms with E-state index in [0.29, 0.717) is 12.0 Å². The number of hydrogen-bond donors (Lipinski definition) is 1. The Morgan fingerprint density at radius 3 is 2.73 bits per heavy atom. The first-order chi connectivity index (χ1) is 7.18. The van der Waals surface area contributed by atoms with Crippen molar-refractivity contribution in [2.24, 2.45) is 5.92 Å². The van der Waals surface area contributed by atoms with Gasteiger partial charge in [0, 0.05) is 31.1 Å². The van der Waals surface area contributed by atoms with Gasteiger partial charge in [0.2, 0.25) is 0 Å². The molecule has 3 nitrogen and oxygen atoms in total. The lowest BCUT2D eigenvalue weighted by atomic mass is 9.93. The average molecular weight is 226 g/mol. The van der Waals surface area contributed by atoms with E-state index in [0.717, 1.165) is 36.5 Å². The molecule has 1 fully saturated rings. The lowest BCUT2D eigenvalue weighted by Gasteiger charge is -2.28. The van der Waals surface area contributed by atoms with Gasteiger partial charge in [0.1, 0.15) is 0 Å². The number of H-pyrrole nitrogens is 1. The van der Waals surface area contributed by atoms with Crippen LogP contribution in [0.15, 0.2) is 6.20 Å². The molecule has 2 heterocycles. The maximum atomic E-state index is 5.38. The number of aryl methyl sites for hydroxylation is 1. The van der Waals surface area contributed by atoms with Gasteiger partial charge in [0.25, 0.3) is 0 Å². The molecule has 1 aliphatic heterocycles. The molecule has 1 aromatic heterocycles. The van der Waals surface area contributed by atoms with Crippen molar-refractivity contribution in [2.75, 3.05) is 13.2 Å². The zero-order chi connectivity index (χ0) is 10.8. The molecule has 1 atom stereocenters. The van der Waals surface area contributed by atoms with Crippen molar-refractivity contribution in [3.63, 3.8) is 0 Å². The van der Waals surface area contributed by atoms with Crippen LogP contribution in [0.1, 0.15) is 31.5 Å². The number of nitrogens with one attached hydrogen (secondary N) is 1. The number of imidazole rings is 1. The fraction of sp³-hybridized carbons (Fsp3) is 0.727. The van der Waals surface area contributed by atoms with Gasteiger partial charge in [0.05, 0.1) is 0 Å². The number of ether oxygens (including phenoxy) is 1. The van der Waals surface area contributed by atoms with E-state index < -0.39 is 0 Å². The molecule has 0 aromatic carbocycles. The van der Waals surface area contributed by atoms with Crippen molar-refractivity contribution < 1.29 is 4.74 Å². The molecule has 1 unspecified atom stereocenters. The summed E-state index contributed by atoms with van der Waals surface area (Å²) < 4.78 is 8.40. The second kappa shape index (κ2) is 4.49. The normalized spacial score (nSPS) is 20.4. The number of aromatic nitrogens is 2. The van der Waals surface area contributed by atoms with Crippen molar-refractivity contribution in [2.45, 2.75) is 32.7 Å². The van der Waals surface area contributed by atoms with Gasteiger partial charge in [-0.15, -0.1) is 0 Å². The average Bonchev–Trinajstić information content (AvgIpc) is 2.58. The van der Waals surface area contributed by atoms with Crippen molar-refractivity contribution >= 4 is 12.2 Å². The molecule has 0 spiro atoms. The van der Waals surface area contributed by atoms with E-state index in [4.69, 9.17) is 17.0 Å². The zero-order valence-corrected chi connectivity index (χ0v) is 10.1. The number of hydrogen-bond acceptors (Lipinski definition) is 2. The highest BCUT2D eigenvalue weighted by atomic mass is 32.1. The largest absolute Gasteiger partial charge is 0.381 e. The maximum Gasteiger partial charge on any atom is 0.177 e. The van der Waals surface area contributed by atoms with E-state index in [-0.39, 0.29) is 0 Å². The van der Waals surface area contributed by atoms with E-state index in [1.54, 1.807) is 0 Å². The maximum absolute atomic E-state index is 5.38. The Bertz CT molecular complexity index is 376. The van der Waals surface area contributed by atoms with Crippen LogP contribution in [-0.2, 0) is 4.74 Å². The topological polar surface area (TPSA) is 29.9 Å². The summed E-state index contributed by atoms with van der Waals surface area (Å²) in [6, 6.07) is 0.478.